The lowest BCUT2D eigenvalue weighted by Crippen LogP contribution is -2.32. The SMILES string of the molecule is NC(=O)c1nn(C2CCCNC2)c2ncnc(N)c12. The molecule has 0 saturated carbocycles. The van der Waals surface area contributed by atoms with E-state index in [0.29, 0.717) is 11.0 Å². The molecule has 0 aliphatic carbocycles. The van der Waals surface area contributed by atoms with Crippen LogP contribution < -0.4 is 16.8 Å². The lowest BCUT2D eigenvalue weighted by Gasteiger charge is -2.23. The summed E-state index contributed by atoms with van der Waals surface area (Å²) >= 11 is 0. The second-order valence-electron chi connectivity index (χ2n) is 4.62. The number of nitrogens with two attached hydrogens (primary N) is 2. The minimum atomic E-state index is -0.617. The molecule has 1 atom stereocenters. The molecular weight excluding hydrogens is 246 g/mol. The van der Waals surface area contributed by atoms with Gasteiger partial charge in [-0.2, -0.15) is 5.10 Å². The lowest BCUT2D eigenvalue weighted by atomic mass is 10.1. The molecular formula is C11H15N7O. The van der Waals surface area contributed by atoms with E-state index >= 15 is 0 Å². The first kappa shape index (κ1) is 11.8. The Morgan fingerprint density at radius 3 is 3.00 bits per heavy atom. The molecule has 1 aliphatic rings. The summed E-state index contributed by atoms with van der Waals surface area (Å²) in [6.07, 6.45) is 3.40. The van der Waals surface area contributed by atoms with E-state index in [9.17, 15) is 4.79 Å². The quantitative estimate of drug-likeness (QED) is 0.665. The fourth-order valence-electron chi connectivity index (χ4n) is 2.46. The van der Waals surface area contributed by atoms with Gasteiger partial charge in [-0.1, -0.05) is 0 Å². The molecule has 5 N–H and O–H groups in total. The molecule has 8 heteroatoms. The number of piperidine rings is 1. The van der Waals surface area contributed by atoms with Crippen molar-refractivity contribution in [1.82, 2.24) is 25.1 Å². The fraction of sp³-hybridized carbons (Fsp3) is 0.455. The molecule has 0 spiro atoms. The van der Waals surface area contributed by atoms with Gasteiger partial charge >= 0.3 is 0 Å². The highest BCUT2D eigenvalue weighted by molar-refractivity contribution is 6.06. The van der Waals surface area contributed by atoms with Gasteiger partial charge in [0.25, 0.3) is 5.91 Å². The number of hydrogen-bond donors (Lipinski definition) is 3. The van der Waals surface area contributed by atoms with Crippen LogP contribution in [0.2, 0.25) is 0 Å². The van der Waals surface area contributed by atoms with Crippen molar-refractivity contribution in [3.63, 3.8) is 0 Å². The van der Waals surface area contributed by atoms with E-state index in [1.165, 1.54) is 6.33 Å². The standard InChI is InChI=1S/C11H15N7O/c12-9-7-8(10(13)19)17-18(11(7)16-5-15-9)6-2-1-3-14-4-6/h5-6,14H,1-4H2,(H2,13,19)(H2,12,15,16). The van der Waals surface area contributed by atoms with Crippen molar-refractivity contribution in [2.24, 2.45) is 5.73 Å². The molecule has 0 radical (unpaired) electrons. The highest BCUT2D eigenvalue weighted by Crippen LogP contribution is 2.26. The molecule has 8 nitrogen and oxygen atoms in total. The average Bonchev–Trinajstić information content (AvgIpc) is 2.81. The molecule has 2 aromatic heterocycles. The smallest absolute Gasteiger partial charge is 0.270 e. The monoisotopic (exact) mass is 261 g/mol. The van der Waals surface area contributed by atoms with Crippen LogP contribution in [0.1, 0.15) is 29.4 Å². The largest absolute Gasteiger partial charge is 0.383 e. The van der Waals surface area contributed by atoms with Crippen molar-refractivity contribution in [2.75, 3.05) is 18.8 Å². The van der Waals surface area contributed by atoms with Gasteiger partial charge in [-0.3, -0.25) is 4.79 Å². The van der Waals surface area contributed by atoms with Crippen molar-refractivity contribution in [3.05, 3.63) is 12.0 Å². The Kier molecular flexibility index (Phi) is 2.79. The number of rotatable bonds is 2. The molecule has 1 fully saturated rings. The maximum atomic E-state index is 11.5. The summed E-state index contributed by atoms with van der Waals surface area (Å²) in [7, 11) is 0. The van der Waals surface area contributed by atoms with E-state index in [1.807, 2.05) is 0 Å². The fourth-order valence-corrected chi connectivity index (χ4v) is 2.46. The zero-order chi connectivity index (χ0) is 13.4. The second kappa shape index (κ2) is 4.47. The molecule has 1 saturated heterocycles. The zero-order valence-corrected chi connectivity index (χ0v) is 10.3. The van der Waals surface area contributed by atoms with Crippen LogP contribution in [-0.4, -0.2) is 38.7 Å². The minimum Gasteiger partial charge on any atom is -0.383 e. The first-order chi connectivity index (χ1) is 9.18. The molecule has 3 heterocycles. The maximum absolute atomic E-state index is 11.5. The molecule has 2 aromatic rings. The van der Waals surface area contributed by atoms with Crippen LogP contribution in [-0.2, 0) is 0 Å². The number of aromatic nitrogens is 4. The number of carbonyl (C=O) groups excluding carboxylic acids is 1. The minimum absolute atomic E-state index is 0.138. The Morgan fingerprint density at radius 2 is 2.32 bits per heavy atom. The molecule has 100 valence electrons. The van der Waals surface area contributed by atoms with Gasteiger partial charge in [-0.05, 0) is 19.4 Å². The van der Waals surface area contributed by atoms with Gasteiger partial charge < -0.3 is 16.8 Å². The number of primary amides is 1. The normalized spacial score (nSPS) is 19.7. The summed E-state index contributed by atoms with van der Waals surface area (Å²) in [5.74, 6) is -0.386. The number of hydrogen-bond acceptors (Lipinski definition) is 6. The van der Waals surface area contributed by atoms with Gasteiger partial charge in [-0.25, -0.2) is 14.6 Å². The molecule has 19 heavy (non-hydrogen) atoms. The molecule has 1 unspecified atom stereocenters. The summed E-state index contributed by atoms with van der Waals surface area (Å²) in [4.78, 5) is 19.6. The molecule has 3 rings (SSSR count). The summed E-state index contributed by atoms with van der Waals surface area (Å²) < 4.78 is 1.74. The Bertz CT molecular complexity index is 629. The number of anilines is 1. The van der Waals surface area contributed by atoms with Crippen molar-refractivity contribution >= 4 is 22.8 Å². The number of nitrogen functional groups attached to an aromatic ring is 1. The first-order valence-corrected chi connectivity index (χ1v) is 6.17. The third-order valence-corrected chi connectivity index (χ3v) is 3.37. The average molecular weight is 261 g/mol. The predicted octanol–water partition coefficient (Wildman–Crippen LogP) is -0.568. The number of nitrogens with one attached hydrogen (secondary N) is 1. The van der Waals surface area contributed by atoms with Gasteiger partial charge in [-0.15, -0.1) is 0 Å². The van der Waals surface area contributed by atoms with E-state index in [0.717, 1.165) is 25.9 Å². The third kappa shape index (κ3) is 1.89. The van der Waals surface area contributed by atoms with Crippen LogP contribution in [0.4, 0.5) is 5.82 Å². The van der Waals surface area contributed by atoms with Gasteiger partial charge in [0.15, 0.2) is 11.3 Å². The molecule has 1 aliphatic heterocycles. The molecule has 0 bridgehead atoms. The van der Waals surface area contributed by atoms with Crippen LogP contribution in [0.3, 0.4) is 0 Å². The van der Waals surface area contributed by atoms with Crippen LogP contribution in [0.15, 0.2) is 6.33 Å². The van der Waals surface area contributed by atoms with E-state index in [4.69, 9.17) is 11.5 Å². The van der Waals surface area contributed by atoms with Crippen molar-refractivity contribution in [2.45, 2.75) is 18.9 Å². The summed E-state index contributed by atoms with van der Waals surface area (Å²) in [5.41, 5.74) is 11.9. The Balaban J connectivity index is 2.19. The highest BCUT2D eigenvalue weighted by Gasteiger charge is 2.24. The van der Waals surface area contributed by atoms with Crippen molar-refractivity contribution in [3.8, 4) is 0 Å². The predicted molar refractivity (Wildman–Crippen MR) is 69.4 cm³/mol. The Labute approximate surface area is 109 Å². The van der Waals surface area contributed by atoms with Gasteiger partial charge in [0.05, 0.1) is 11.4 Å². The Hall–Kier alpha value is -2.22. The zero-order valence-electron chi connectivity index (χ0n) is 10.3. The van der Waals surface area contributed by atoms with Crippen molar-refractivity contribution < 1.29 is 4.79 Å². The molecule has 1 amide bonds. The van der Waals surface area contributed by atoms with Crippen LogP contribution in [0, 0.1) is 0 Å². The molecule has 0 aromatic carbocycles. The van der Waals surface area contributed by atoms with Crippen LogP contribution >= 0.6 is 0 Å². The highest BCUT2D eigenvalue weighted by atomic mass is 16.1. The van der Waals surface area contributed by atoms with Crippen LogP contribution in [0.5, 0.6) is 0 Å². The third-order valence-electron chi connectivity index (χ3n) is 3.37. The number of carbonyl (C=O) groups is 1. The van der Waals surface area contributed by atoms with E-state index in [2.05, 4.69) is 20.4 Å². The second-order valence-corrected chi connectivity index (χ2v) is 4.62. The number of nitrogens with zero attached hydrogens (tertiary/aromatic N) is 4. The van der Waals surface area contributed by atoms with Gasteiger partial charge in [0.2, 0.25) is 0 Å². The first-order valence-electron chi connectivity index (χ1n) is 6.17. The summed E-state index contributed by atoms with van der Waals surface area (Å²) in [5, 5.41) is 8.04. The van der Waals surface area contributed by atoms with E-state index in [-0.39, 0.29) is 17.6 Å². The topological polar surface area (TPSA) is 125 Å². The number of amides is 1. The van der Waals surface area contributed by atoms with Crippen LogP contribution in [0.25, 0.3) is 11.0 Å². The van der Waals surface area contributed by atoms with Gasteiger partial charge in [0.1, 0.15) is 12.1 Å². The number of fused-ring (bicyclic) bond motifs is 1. The van der Waals surface area contributed by atoms with Crippen molar-refractivity contribution in [1.29, 1.82) is 0 Å². The Morgan fingerprint density at radius 1 is 1.47 bits per heavy atom. The maximum Gasteiger partial charge on any atom is 0.270 e. The summed E-state index contributed by atoms with van der Waals surface area (Å²) in [6.45, 7) is 1.79. The van der Waals surface area contributed by atoms with E-state index in [1.54, 1.807) is 4.68 Å². The van der Waals surface area contributed by atoms with Gasteiger partial charge in [0, 0.05) is 6.54 Å². The van der Waals surface area contributed by atoms with E-state index < -0.39 is 5.91 Å². The lowest BCUT2D eigenvalue weighted by molar-refractivity contribution is 0.0995. The summed E-state index contributed by atoms with van der Waals surface area (Å²) in [6, 6.07) is 0.152.